The molecule has 7 heteroatoms. The van der Waals surface area contributed by atoms with Crippen LogP contribution in [0.5, 0.6) is 0 Å². The zero-order valence-electron chi connectivity index (χ0n) is 14.3. The molecule has 1 saturated heterocycles. The fraction of sp³-hybridized carbons (Fsp3) is 0.316. The van der Waals surface area contributed by atoms with E-state index in [4.69, 9.17) is 5.26 Å². The molecule has 134 valence electrons. The molecule has 1 unspecified atom stereocenters. The van der Waals surface area contributed by atoms with E-state index in [1.165, 1.54) is 4.31 Å². The first kappa shape index (κ1) is 16.9. The molecular weight excluding hydrogens is 348 g/mol. The Balaban J connectivity index is 1.61. The van der Waals surface area contributed by atoms with Gasteiger partial charge in [-0.25, -0.2) is 0 Å². The van der Waals surface area contributed by atoms with Crippen LogP contribution in [0.2, 0.25) is 0 Å². The fourth-order valence-corrected chi connectivity index (χ4v) is 5.27. The van der Waals surface area contributed by atoms with E-state index in [1.807, 2.05) is 48.5 Å². The van der Waals surface area contributed by atoms with Crippen molar-refractivity contribution in [1.29, 1.82) is 5.26 Å². The Morgan fingerprint density at radius 3 is 2.62 bits per heavy atom. The first-order valence-electron chi connectivity index (χ1n) is 8.70. The minimum absolute atomic E-state index is 0.221. The maximum absolute atomic E-state index is 12.9. The Kier molecular flexibility index (Phi) is 4.31. The van der Waals surface area contributed by atoms with Crippen LogP contribution in [0.4, 0.5) is 5.69 Å². The molecule has 4 rings (SSSR count). The van der Waals surface area contributed by atoms with Crippen molar-refractivity contribution in [3.05, 3.63) is 54.1 Å². The largest absolute Gasteiger partial charge is 0.309 e. The van der Waals surface area contributed by atoms with Gasteiger partial charge in [0.05, 0.1) is 5.69 Å². The Bertz CT molecular complexity index is 953. The second kappa shape index (κ2) is 6.63. The third-order valence-electron chi connectivity index (χ3n) is 5.01. The molecule has 0 saturated carbocycles. The molecule has 2 aliphatic heterocycles. The zero-order chi connectivity index (χ0) is 18.1. The highest BCUT2D eigenvalue weighted by Gasteiger charge is 2.34. The van der Waals surface area contributed by atoms with Crippen molar-refractivity contribution in [3.63, 3.8) is 0 Å². The van der Waals surface area contributed by atoms with E-state index in [1.54, 1.807) is 4.90 Å². The summed E-state index contributed by atoms with van der Waals surface area (Å²) in [7, 11) is -3.64. The number of fused-ring (bicyclic) bond motifs is 1. The van der Waals surface area contributed by atoms with Crippen LogP contribution < -0.4 is 9.03 Å². The topological polar surface area (TPSA) is 76.4 Å². The summed E-state index contributed by atoms with van der Waals surface area (Å²) in [6, 6.07) is 15.6. The SMILES string of the molecule is N#CN1CCC(NS(=O)(=O)N2CCc3c(-c4ccccc4)cccc32)C1. The zero-order valence-corrected chi connectivity index (χ0v) is 15.1. The van der Waals surface area contributed by atoms with E-state index in [0.29, 0.717) is 32.5 Å². The minimum atomic E-state index is -3.64. The summed E-state index contributed by atoms with van der Waals surface area (Å²) in [6.07, 6.45) is 3.42. The number of benzene rings is 2. The Morgan fingerprint density at radius 1 is 1.08 bits per heavy atom. The summed E-state index contributed by atoms with van der Waals surface area (Å²) >= 11 is 0. The lowest BCUT2D eigenvalue weighted by Crippen LogP contribution is -2.45. The van der Waals surface area contributed by atoms with Crippen molar-refractivity contribution in [2.75, 3.05) is 23.9 Å². The van der Waals surface area contributed by atoms with Gasteiger partial charge in [0.15, 0.2) is 6.19 Å². The lowest BCUT2D eigenvalue weighted by Gasteiger charge is -2.22. The maximum atomic E-state index is 12.9. The van der Waals surface area contributed by atoms with Crippen LogP contribution in [0.25, 0.3) is 11.1 Å². The van der Waals surface area contributed by atoms with E-state index < -0.39 is 10.2 Å². The Hall–Kier alpha value is -2.56. The lowest BCUT2D eigenvalue weighted by molar-refractivity contribution is 0.470. The van der Waals surface area contributed by atoms with E-state index in [0.717, 1.165) is 22.4 Å². The Labute approximate surface area is 153 Å². The van der Waals surface area contributed by atoms with Crippen molar-refractivity contribution in [1.82, 2.24) is 9.62 Å². The van der Waals surface area contributed by atoms with Crippen LogP contribution in [-0.4, -0.2) is 39.0 Å². The molecule has 0 aliphatic carbocycles. The highest BCUT2D eigenvalue weighted by molar-refractivity contribution is 7.90. The first-order valence-corrected chi connectivity index (χ1v) is 10.1. The predicted molar refractivity (Wildman–Crippen MR) is 101 cm³/mol. The lowest BCUT2D eigenvalue weighted by atomic mass is 9.98. The number of nitrogens with one attached hydrogen (secondary N) is 1. The van der Waals surface area contributed by atoms with Crippen molar-refractivity contribution >= 4 is 15.9 Å². The van der Waals surface area contributed by atoms with Gasteiger partial charge in [-0.3, -0.25) is 4.31 Å². The molecule has 0 amide bonds. The van der Waals surface area contributed by atoms with E-state index >= 15 is 0 Å². The van der Waals surface area contributed by atoms with Gasteiger partial charge in [0.25, 0.3) is 0 Å². The molecule has 2 heterocycles. The number of nitriles is 1. The predicted octanol–water partition coefficient (Wildman–Crippen LogP) is 2.11. The standard InChI is InChI=1S/C19H20N4O2S/c20-14-22-11-9-16(13-22)21-26(24,25)23-12-10-18-17(7-4-8-19(18)23)15-5-2-1-3-6-15/h1-8,16,21H,9-13H2. The molecule has 6 nitrogen and oxygen atoms in total. The van der Waals surface area contributed by atoms with Crippen molar-refractivity contribution in [3.8, 4) is 17.3 Å². The minimum Gasteiger partial charge on any atom is -0.309 e. The van der Waals surface area contributed by atoms with Gasteiger partial charge in [-0.2, -0.15) is 18.4 Å². The van der Waals surface area contributed by atoms with Gasteiger partial charge < -0.3 is 4.90 Å². The van der Waals surface area contributed by atoms with Crippen LogP contribution in [-0.2, 0) is 16.6 Å². The summed E-state index contributed by atoms with van der Waals surface area (Å²) in [5.41, 5.74) is 3.98. The van der Waals surface area contributed by atoms with Gasteiger partial charge >= 0.3 is 10.2 Å². The molecule has 1 N–H and O–H groups in total. The summed E-state index contributed by atoms with van der Waals surface area (Å²) in [5.74, 6) is 0. The average Bonchev–Trinajstić information content (AvgIpc) is 3.28. The van der Waals surface area contributed by atoms with Crippen molar-refractivity contribution < 1.29 is 8.42 Å². The second-order valence-corrected chi connectivity index (χ2v) is 8.27. The number of likely N-dealkylation sites (tertiary alicyclic amines) is 1. The molecular formula is C19H20N4O2S. The van der Waals surface area contributed by atoms with Crippen LogP contribution in [0.1, 0.15) is 12.0 Å². The molecule has 2 aromatic carbocycles. The summed E-state index contributed by atoms with van der Waals surface area (Å²) in [6.45, 7) is 1.46. The van der Waals surface area contributed by atoms with Crippen molar-refractivity contribution in [2.24, 2.45) is 0 Å². The molecule has 1 atom stereocenters. The summed E-state index contributed by atoms with van der Waals surface area (Å²) in [4.78, 5) is 1.58. The first-order chi connectivity index (χ1) is 12.6. The van der Waals surface area contributed by atoms with Crippen LogP contribution in [0, 0.1) is 11.5 Å². The molecule has 0 aromatic heterocycles. The highest BCUT2D eigenvalue weighted by Crippen LogP contribution is 2.37. The summed E-state index contributed by atoms with van der Waals surface area (Å²) < 4.78 is 30.0. The van der Waals surface area contributed by atoms with Gasteiger partial charge in [0, 0.05) is 25.7 Å². The molecule has 0 spiro atoms. The number of rotatable bonds is 4. The van der Waals surface area contributed by atoms with Gasteiger partial charge in [-0.1, -0.05) is 42.5 Å². The van der Waals surface area contributed by atoms with Crippen LogP contribution >= 0.6 is 0 Å². The van der Waals surface area contributed by atoms with Crippen LogP contribution in [0.3, 0.4) is 0 Å². The van der Waals surface area contributed by atoms with Crippen LogP contribution in [0.15, 0.2) is 48.5 Å². The quantitative estimate of drug-likeness (QED) is 0.839. The van der Waals surface area contributed by atoms with E-state index in [2.05, 4.69) is 10.9 Å². The van der Waals surface area contributed by atoms with E-state index in [-0.39, 0.29) is 6.04 Å². The summed E-state index contributed by atoms with van der Waals surface area (Å²) in [5, 5.41) is 8.95. The number of hydrogen-bond donors (Lipinski definition) is 1. The second-order valence-electron chi connectivity index (χ2n) is 6.65. The third-order valence-corrected chi connectivity index (χ3v) is 6.60. The van der Waals surface area contributed by atoms with Gasteiger partial charge in [-0.15, -0.1) is 0 Å². The van der Waals surface area contributed by atoms with Gasteiger partial charge in [-0.05, 0) is 35.6 Å². The number of anilines is 1. The highest BCUT2D eigenvalue weighted by atomic mass is 32.2. The fourth-order valence-electron chi connectivity index (χ4n) is 3.76. The van der Waals surface area contributed by atoms with Gasteiger partial charge in [0.1, 0.15) is 0 Å². The third kappa shape index (κ3) is 3.02. The number of hydrogen-bond acceptors (Lipinski definition) is 4. The smallest absolute Gasteiger partial charge is 0.301 e. The van der Waals surface area contributed by atoms with E-state index in [9.17, 15) is 8.42 Å². The molecule has 26 heavy (non-hydrogen) atoms. The van der Waals surface area contributed by atoms with Crippen molar-refractivity contribution in [2.45, 2.75) is 18.9 Å². The molecule has 1 fully saturated rings. The monoisotopic (exact) mass is 368 g/mol. The molecule has 0 radical (unpaired) electrons. The molecule has 2 aliphatic rings. The molecule has 2 aromatic rings. The van der Waals surface area contributed by atoms with Gasteiger partial charge in [0.2, 0.25) is 0 Å². The molecule has 0 bridgehead atoms. The Morgan fingerprint density at radius 2 is 1.88 bits per heavy atom. The average molecular weight is 368 g/mol. The normalized spacial score (nSPS) is 19.4. The maximum Gasteiger partial charge on any atom is 0.301 e. The number of nitrogens with zero attached hydrogens (tertiary/aromatic N) is 3.